The highest BCUT2D eigenvalue weighted by Crippen LogP contribution is 2.08. The third-order valence-electron chi connectivity index (χ3n) is 2.62. The van der Waals surface area contributed by atoms with Crippen LogP contribution in [0.4, 0.5) is 0 Å². The zero-order valence-corrected chi connectivity index (χ0v) is 11.6. The second-order valence-electron chi connectivity index (χ2n) is 4.19. The summed E-state index contributed by atoms with van der Waals surface area (Å²) < 4.78 is 0. The maximum Gasteiger partial charge on any atom is 0.243 e. The molecule has 0 radical (unpaired) electrons. The Balaban J connectivity index is 2.24. The van der Waals surface area contributed by atoms with Gasteiger partial charge in [-0.1, -0.05) is 30.8 Å². The standard InChI is InChI=1S/C14H19ClN2O2/c1-2-14(18)16-8-3-9-17(19)11-13-6-4-12(10-15)5-7-13/h2,4-7,19H,1,3,8-11H2,(H,16,18). The largest absolute Gasteiger partial charge is 0.353 e. The van der Waals surface area contributed by atoms with Crippen LogP contribution in [0.5, 0.6) is 0 Å². The van der Waals surface area contributed by atoms with Crippen molar-refractivity contribution in [2.24, 2.45) is 0 Å². The van der Waals surface area contributed by atoms with Crippen LogP contribution in [-0.2, 0) is 17.2 Å². The summed E-state index contributed by atoms with van der Waals surface area (Å²) in [5.41, 5.74) is 2.08. The molecule has 0 heterocycles. The van der Waals surface area contributed by atoms with Crippen LogP contribution in [0.25, 0.3) is 0 Å². The molecule has 0 bridgehead atoms. The number of nitrogens with zero attached hydrogens (tertiary/aromatic N) is 1. The number of amides is 1. The maximum absolute atomic E-state index is 10.9. The molecule has 1 rings (SSSR count). The van der Waals surface area contributed by atoms with Gasteiger partial charge in [-0.05, 0) is 23.6 Å². The van der Waals surface area contributed by atoms with E-state index in [1.54, 1.807) is 0 Å². The zero-order valence-electron chi connectivity index (χ0n) is 10.8. The van der Waals surface area contributed by atoms with Crippen LogP contribution < -0.4 is 5.32 Å². The van der Waals surface area contributed by atoms with Crippen molar-refractivity contribution >= 4 is 17.5 Å². The highest BCUT2D eigenvalue weighted by Gasteiger charge is 2.02. The van der Waals surface area contributed by atoms with Crippen LogP contribution in [-0.4, -0.2) is 29.3 Å². The molecule has 0 atom stereocenters. The molecule has 19 heavy (non-hydrogen) atoms. The molecule has 1 aromatic carbocycles. The third-order valence-corrected chi connectivity index (χ3v) is 2.93. The topological polar surface area (TPSA) is 52.6 Å². The molecule has 0 aromatic heterocycles. The molecule has 1 amide bonds. The van der Waals surface area contributed by atoms with Crippen molar-refractivity contribution in [3.8, 4) is 0 Å². The fraction of sp³-hybridized carbons (Fsp3) is 0.357. The molecule has 0 unspecified atom stereocenters. The fourth-order valence-corrected chi connectivity index (χ4v) is 1.75. The summed E-state index contributed by atoms with van der Waals surface area (Å²) in [6.07, 6.45) is 1.91. The highest BCUT2D eigenvalue weighted by atomic mass is 35.5. The van der Waals surface area contributed by atoms with Gasteiger partial charge in [-0.2, -0.15) is 5.06 Å². The summed E-state index contributed by atoms with van der Waals surface area (Å²) in [6.45, 7) is 4.84. The van der Waals surface area contributed by atoms with Gasteiger partial charge in [0.15, 0.2) is 0 Å². The molecule has 0 aliphatic carbocycles. The first kappa shape index (κ1) is 15.7. The number of rotatable bonds is 8. The van der Waals surface area contributed by atoms with Crippen molar-refractivity contribution in [3.63, 3.8) is 0 Å². The van der Waals surface area contributed by atoms with Crippen LogP contribution in [0.3, 0.4) is 0 Å². The van der Waals surface area contributed by atoms with E-state index >= 15 is 0 Å². The van der Waals surface area contributed by atoms with E-state index in [4.69, 9.17) is 11.6 Å². The summed E-state index contributed by atoms with van der Waals surface area (Å²) in [7, 11) is 0. The lowest BCUT2D eigenvalue weighted by atomic mass is 10.1. The molecular formula is C14H19ClN2O2. The van der Waals surface area contributed by atoms with Gasteiger partial charge in [-0.25, -0.2) is 0 Å². The molecule has 0 fully saturated rings. The van der Waals surface area contributed by atoms with Crippen molar-refractivity contribution in [1.82, 2.24) is 10.4 Å². The summed E-state index contributed by atoms with van der Waals surface area (Å²) in [5.74, 6) is 0.299. The van der Waals surface area contributed by atoms with Crippen molar-refractivity contribution in [2.45, 2.75) is 18.8 Å². The first-order valence-electron chi connectivity index (χ1n) is 6.13. The Morgan fingerprint density at radius 3 is 2.58 bits per heavy atom. The molecule has 0 aliphatic heterocycles. The van der Waals surface area contributed by atoms with E-state index in [1.807, 2.05) is 24.3 Å². The summed E-state index contributed by atoms with van der Waals surface area (Å²) >= 11 is 5.71. The van der Waals surface area contributed by atoms with Gasteiger partial charge in [-0.15, -0.1) is 11.6 Å². The lowest BCUT2D eigenvalue weighted by molar-refractivity contribution is -0.117. The van der Waals surface area contributed by atoms with Crippen molar-refractivity contribution in [2.75, 3.05) is 13.1 Å². The second-order valence-corrected chi connectivity index (χ2v) is 4.45. The van der Waals surface area contributed by atoms with Gasteiger partial charge >= 0.3 is 0 Å². The number of halogens is 1. The Kier molecular flexibility index (Phi) is 7.18. The Morgan fingerprint density at radius 2 is 2.00 bits per heavy atom. The van der Waals surface area contributed by atoms with E-state index < -0.39 is 0 Å². The molecule has 0 saturated heterocycles. The molecule has 4 nitrogen and oxygen atoms in total. The number of benzene rings is 1. The van der Waals surface area contributed by atoms with Crippen LogP contribution in [0.1, 0.15) is 17.5 Å². The minimum atomic E-state index is -0.193. The van der Waals surface area contributed by atoms with Crippen molar-refractivity contribution in [1.29, 1.82) is 0 Å². The summed E-state index contributed by atoms with van der Waals surface area (Å²) in [6, 6.07) is 7.78. The molecule has 1 aromatic rings. The molecule has 0 aliphatic rings. The van der Waals surface area contributed by atoms with E-state index in [2.05, 4.69) is 11.9 Å². The number of hydroxylamine groups is 2. The van der Waals surface area contributed by atoms with Crippen molar-refractivity contribution < 1.29 is 10.0 Å². The van der Waals surface area contributed by atoms with E-state index in [1.165, 1.54) is 11.1 Å². The Labute approximate surface area is 118 Å². The second kappa shape index (κ2) is 8.69. The van der Waals surface area contributed by atoms with E-state index in [9.17, 15) is 10.0 Å². The Hall–Kier alpha value is -1.36. The first-order chi connectivity index (χ1) is 9.15. The lowest BCUT2D eigenvalue weighted by Gasteiger charge is -2.15. The maximum atomic E-state index is 10.9. The summed E-state index contributed by atoms with van der Waals surface area (Å²) in [4.78, 5) is 10.9. The monoisotopic (exact) mass is 282 g/mol. The molecule has 0 saturated carbocycles. The number of hydrogen-bond acceptors (Lipinski definition) is 3. The van der Waals surface area contributed by atoms with E-state index in [0.29, 0.717) is 31.9 Å². The average molecular weight is 283 g/mol. The van der Waals surface area contributed by atoms with Crippen molar-refractivity contribution in [3.05, 3.63) is 48.0 Å². The molecular weight excluding hydrogens is 264 g/mol. The van der Waals surface area contributed by atoms with Gasteiger partial charge in [0.05, 0.1) is 0 Å². The average Bonchev–Trinajstić information content (AvgIpc) is 2.44. The van der Waals surface area contributed by atoms with Gasteiger partial charge in [0.25, 0.3) is 0 Å². The number of carbonyl (C=O) groups excluding carboxylic acids is 1. The van der Waals surface area contributed by atoms with Crippen LogP contribution >= 0.6 is 11.6 Å². The van der Waals surface area contributed by atoms with E-state index in [-0.39, 0.29) is 5.91 Å². The minimum Gasteiger partial charge on any atom is -0.353 e. The van der Waals surface area contributed by atoms with Gasteiger partial charge in [-0.3, -0.25) is 4.79 Å². The first-order valence-corrected chi connectivity index (χ1v) is 6.67. The molecule has 5 heteroatoms. The number of hydrogen-bond donors (Lipinski definition) is 2. The molecule has 2 N–H and O–H groups in total. The smallest absolute Gasteiger partial charge is 0.243 e. The normalized spacial score (nSPS) is 10.5. The fourth-order valence-electron chi connectivity index (χ4n) is 1.57. The number of alkyl halides is 1. The van der Waals surface area contributed by atoms with E-state index in [0.717, 1.165) is 11.1 Å². The van der Waals surface area contributed by atoms with Crippen LogP contribution in [0.2, 0.25) is 0 Å². The number of nitrogens with one attached hydrogen (secondary N) is 1. The third kappa shape index (κ3) is 6.38. The Bertz CT molecular complexity index is 406. The zero-order chi connectivity index (χ0) is 14.1. The van der Waals surface area contributed by atoms with Gasteiger partial charge < -0.3 is 10.5 Å². The quantitative estimate of drug-likeness (QED) is 0.333. The lowest BCUT2D eigenvalue weighted by Crippen LogP contribution is -2.27. The van der Waals surface area contributed by atoms with Gasteiger partial charge in [0, 0.05) is 25.5 Å². The minimum absolute atomic E-state index is 0.193. The van der Waals surface area contributed by atoms with Crippen LogP contribution in [0, 0.1) is 0 Å². The van der Waals surface area contributed by atoms with Gasteiger partial charge in [0.2, 0.25) is 5.91 Å². The predicted octanol–water partition coefficient (Wildman–Crippen LogP) is 2.31. The Morgan fingerprint density at radius 1 is 1.37 bits per heavy atom. The van der Waals surface area contributed by atoms with Crippen LogP contribution in [0.15, 0.2) is 36.9 Å². The SMILES string of the molecule is C=CC(=O)NCCCN(O)Cc1ccc(CCl)cc1. The molecule has 104 valence electrons. The number of carbonyl (C=O) groups is 1. The molecule has 0 spiro atoms. The highest BCUT2D eigenvalue weighted by molar-refractivity contribution is 6.17. The predicted molar refractivity (Wildman–Crippen MR) is 76.0 cm³/mol. The van der Waals surface area contributed by atoms with Gasteiger partial charge in [0.1, 0.15) is 0 Å². The summed E-state index contributed by atoms with van der Waals surface area (Å²) in [5, 5.41) is 13.6.